The molecule has 3 N–H and O–H groups in total. The Morgan fingerprint density at radius 1 is 1.41 bits per heavy atom. The van der Waals surface area contributed by atoms with Crippen molar-refractivity contribution >= 4 is 40.1 Å². The van der Waals surface area contributed by atoms with Gasteiger partial charge in [-0.1, -0.05) is 30.3 Å². The van der Waals surface area contributed by atoms with Crippen molar-refractivity contribution in [2.45, 2.75) is 12.5 Å². The van der Waals surface area contributed by atoms with E-state index in [9.17, 15) is 9.18 Å². The molecule has 0 saturated carbocycles. The van der Waals surface area contributed by atoms with Crippen LogP contribution in [0.25, 0.3) is 0 Å². The Balaban J connectivity index is 1.70. The van der Waals surface area contributed by atoms with Crippen molar-refractivity contribution < 1.29 is 13.9 Å². The lowest BCUT2D eigenvalue weighted by atomic mass is 9.72. The van der Waals surface area contributed by atoms with Crippen molar-refractivity contribution in [3.8, 4) is 0 Å². The number of fused-ring (bicyclic) bond motifs is 1. The lowest BCUT2D eigenvalue weighted by Gasteiger charge is -2.47. The smallest absolute Gasteiger partial charge is 0.274 e. The van der Waals surface area contributed by atoms with E-state index < -0.39 is 17.3 Å². The van der Waals surface area contributed by atoms with E-state index in [1.807, 2.05) is 0 Å². The van der Waals surface area contributed by atoms with Gasteiger partial charge in [-0.25, -0.2) is 14.4 Å². The van der Waals surface area contributed by atoms with Gasteiger partial charge in [-0.3, -0.25) is 4.79 Å². The molecule has 152 valence electrons. The van der Waals surface area contributed by atoms with E-state index in [4.69, 9.17) is 22.1 Å². The summed E-state index contributed by atoms with van der Waals surface area (Å²) in [7, 11) is 0. The van der Waals surface area contributed by atoms with Gasteiger partial charge in [0.25, 0.3) is 5.91 Å². The van der Waals surface area contributed by atoms with Gasteiger partial charge >= 0.3 is 0 Å². The second-order valence-corrected chi connectivity index (χ2v) is 8.77. The lowest BCUT2D eigenvalue weighted by molar-refractivity contribution is -0.0339. The zero-order valence-electron chi connectivity index (χ0n) is 15.7. The van der Waals surface area contributed by atoms with Gasteiger partial charge < -0.3 is 15.8 Å². The molecule has 3 heterocycles. The topological polar surface area (TPSA) is 89.6 Å². The highest BCUT2D eigenvalue weighted by Gasteiger charge is 2.50. The fourth-order valence-electron chi connectivity index (χ4n) is 3.89. The van der Waals surface area contributed by atoms with Crippen molar-refractivity contribution in [3.63, 3.8) is 0 Å². The number of amides is 1. The number of pyridine rings is 1. The van der Waals surface area contributed by atoms with Crippen LogP contribution in [0.1, 0.15) is 23.0 Å². The molecule has 0 radical (unpaired) electrons. The molecule has 1 fully saturated rings. The fourth-order valence-corrected chi connectivity index (χ4v) is 5.19. The van der Waals surface area contributed by atoms with Gasteiger partial charge in [-0.05, 0) is 36.2 Å². The minimum Gasteiger partial charge on any atom is -0.379 e. The Morgan fingerprint density at radius 3 is 3.00 bits per heavy atom. The molecular formula is C20H20ClFN4O2S. The molecule has 2 aromatic rings. The number of hydrogen-bond donors (Lipinski definition) is 2. The number of benzene rings is 1. The van der Waals surface area contributed by atoms with Crippen LogP contribution in [-0.2, 0) is 10.3 Å². The molecule has 2 aliphatic rings. The fraction of sp³-hybridized carbons (Fsp3) is 0.350. The first kappa shape index (κ1) is 20.1. The third kappa shape index (κ3) is 3.84. The molecule has 9 heteroatoms. The minimum atomic E-state index is -0.906. The predicted octanol–water partition coefficient (Wildman–Crippen LogP) is 3.67. The van der Waals surface area contributed by atoms with Crippen LogP contribution in [-0.4, -0.2) is 35.0 Å². The Bertz CT molecular complexity index is 971. The molecule has 1 aromatic heterocycles. The van der Waals surface area contributed by atoms with Crippen LogP contribution in [0.3, 0.4) is 0 Å². The molecule has 6 nitrogen and oxygen atoms in total. The van der Waals surface area contributed by atoms with Crippen LogP contribution in [0, 0.1) is 17.7 Å². The maximum atomic E-state index is 15.0. The monoisotopic (exact) mass is 434 g/mol. The van der Waals surface area contributed by atoms with Crippen LogP contribution in [0.5, 0.6) is 0 Å². The summed E-state index contributed by atoms with van der Waals surface area (Å²) in [4.78, 5) is 21.2. The predicted molar refractivity (Wildman–Crippen MR) is 113 cm³/mol. The molecule has 1 saturated heterocycles. The van der Waals surface area contributed by atoms with Gasteiger partial charge in [0.05, 0.1) is 11.6 Å². The number of nitrogens with one attached hydrogen (secondary N) is 1. The summed E-state index contributed by atoms with van der Waals surface area (Å²) in [6, 6.07) is 7.57. The van der Waals surface area contributed by atoms with Crippen molar-refractivity contribution in [2.75, 3.05) is 24.3 Å². The van der Waals surface area contributed by atoms with Gasteiger partial charge in [0, 0.05) is 35.7 Å². The van der Waals surface area contributed by atoms with Crippen molar-refractivity contribution in [2.24, 2.45) is 22.6 Å². The second kappa shape index (κ2) is 7.93. The van der Waals surface area contributed by atoms with Crippen LogP contribution < -0.4 is 11.1 Å². The Hall–Kier alpha value is -2.16. The molecule has 0 bridgehead atoms. The third-order valence-corrected chi connectivity index (χ3v) is 6.51. The third-order valence-electron chi connectivity index (χ3n) is 5.37. The number of rotatable bonds is 3. The molecule has 1 aromatic carbocycles. The van der Waals surface area contributed by atoms with E-state index in [2.05, 4.69) is 22.2 Å². The molecule has 2 aliphatic heterocycles. The molecule has 3 atom stereocenters. The maximum Gasteiger partial charge on any atom is 0.274 e. The number of carbonyl (C=O) groups is 1. The van der Waals surface area contributed by atoms with Gasteiger partial charge in [-0.15, -0.1) is 0 Å². The maximum absolute atomic E-state index is 15.0. The zero-order valence-corrected chi connectivity index (χ0v) is 17.3. The first-order valence-electron chi connectivity index (χ1n) is 9.18. The summed E-state index contributed by atoms with van der Waals surface area (Å²) < 4.78 is 20.7. The van der Waals surface area contributed by atoms with Crippen molar-refractivity contribution in [1.29, 1.82) is 0 Å². The number of hydrogen-bond acceptors (Lipinski definition) is 6. The first-order valence-corrected chi connectivity index (χ1v) is 10.5. The molecule has 0 aliphatic carbocycles. The zero-order chi connectivity index (χ0) is 20.6. The van der Waals surface area contributed by atoms with Crippen molar-refractivity contribution in [3.05, 3.63) is 58.6 Å². The number of carbonyl (C=O) groups excluding carboxylic acids is 1. The number of anilines is 1. The van der Waals surface area contributed by atoms with E-state index in [-0.39, 0.29) is 24.1 Å². The summed E-state index contributed by atoms with van der Waals surface area (Å²) in [6.07, 6.45) is 1.40. The van der Waals surface area contributed by atoms with Crippen LogP contribution in [0.15, 0.2) is 41.5 Å². The van der Waals surface area contributed by atoms with E-state index >= 15 is 0 Å². The summed E-state index contributed by atoms with van der Waals surface area (Å²) in [5.41, 5.74) is 6.14. The van der Waals surface area contributed by atoms with Gasteiger partial charge in [0.1, 0.15) is 17.1 Å². The van der Waals surface area contributed by atoms with Gasteiger partial charge in [0.2, 0.25) is 0 Å². The molecule has 29 heavy (non-hydrogen) atoms. The highest BCUT2D eigenvalue weighted by molar-refractivity contribution is 8.13. The Kier molecular flexibility index (Phi) is 5.50. The Morgan fingerprint density at radius 2 is 2.24 bits per heavy atom. The van der Waals surface area contributed by atoms with E-state index in [0.29, 0.717) is 28.0 Å². The standard InChI is InChI=1S/C20H20ClFN4O2S/c1-11-8-28-10-20(15(11)9-29-19(23)26-20)14-6-13(3-4-16(14)22)25-18(27)17-5-2-12(21)7-24-17/h2-7,11,15H,8-10H2,1H3,(H2,23,26)(H,25,27)/t11-,15?,20?/m1/s1. The number of thioether (sulfide) groups is 1. The van der Waals surface area contributed by atoms with Crippen LogP contribution >= 0.6 is 23.4 Å². The van der Waals surface area contributed by atoms with E-state index in [1.165, 1.54) is 36.2 Å². The molecule has 1 amide bonds. The number of aliphatic imine (C=N–C) groups is 1. The lowest BCUT2D eigenvalue weighted by Crippen LogP contribution is -2.51. The molecule has 0 spiro atoms. The van der Waals surface area contributed by atoms with E-state index in [1.54, 1.807) is 12.1 Å². The van der Waals surface area contributed by atoms with Gasteiger partial charge in [0.15, 0.2) is 5.17 Å². The average Bonchev–Trinajstić information content (AvgIpc) is 2.69. The van der Waals surface area contributed by atoms with E-state index in [0.717, 1.165) is 5.75 Å². The van der Waals surface area contributed by atoms with Crippen LogP contribution in [0.4, 0.5) is 10.1 Å². The summed E-state index contributed by atoms with van der Waals surface area (Å²) in [6.45, 7) is 2.92. The quantitative estimate of drug-likeness (QED) is 0.769. The van der Waals surface area contributed by atoms with Crippen molar-refractivity contribution in [1.82, 2.24) is 4.98 Å². The summed E-state index contributed by atoms with van der Waals surface area (Å²) in [5.74, 6) is 0.198. The number of nitrogens with two attached hydrogens (primary N) is 1. The average molecular weight is 435 g/mol. The molecular weight excluding hydrogens is 415 g/mol. The second-order valence-electron chi connectivity index (χ2n) is 7.29. The molecule has 4 rings (SSSR count). The van der Waals surface area contributed by atoms with Gasteiger partial charge in [-0.2, -0.15) is 0 Å². The summed E-state index contributed by atoms with van der Waals surface area (Å²) >= 11 is 7.30. The molecule has 2 unspecified atom stereocenters. The largest absolute Gasteiger partial charge is 0.379 e. The number of amidine groups is 1. The number of halogens is 2. The number of ether oxygens (including phenoxy) is 1. The number of nitrogens with zero attached hydrogens (tertiary/aromatic N) is 2. The normalized spacial score (nSPS) is 26.4. The van der Waals surface area contributed by atoms with Crippen LogP contribution in [0.2, 0.25) is 5.02 Å². The number of aromatic nitrogens is 1. The highest BCUT2D eigenvalue weighted by atomic mass is 35.5. The summed E-state index contributed by atoms with van der Waals surface area (Å²) in [5, 5.41) is 3.61. The Labute approximate surface area is 177 Å². The highest BCUT2D eigenvalue weighted by Crippen LogP contribution is 2.47. The minimum absolute atomic E-state index is 0.0759. The first-order chi connectivity index (χ1) is 13.9. The SMILES string of the molecule is C[C@@H]1COCC2(c3cc(NC(=O)c4ccc(Cl)cn4)ccc3F)N=C(N)SCC12.